The van der Waals surface area contributed by atoms with Crippen molar-refractivity contribution in [2.24, 2.45) is 0 Å². The van der Waals surface area contributed by atoms with Crippen LogP contribution >= 0.6 is 0 Å². The molecule has 0 N–H and O–H groups in total. The predicted octanol–water partition coefficient (Wildman–Crippen LogP) is 2.56. The molecule has 0 radical (unpaired) electrons. The molecule has 2 aliphatic heterocycles. The number of halogens is 1. The molecule has 174 valence electrons. The van der Waals surface area contributed by atoms with Crippen molar-refractivity contribution in [3.8, 4) is 5.75 Å². The van der Waals surface area contributed by atoms with E-state index < -0.39 is 0 Å². The Hall–Kier alpha value is -3.20. The Morgan fingerprint density at radius 1 is 1.03 bits per heavy atom. The topological polar surface area (TPSA) is 66.7 Å². The van der Waals surface area contributed by atoms with Crippen LogP contribution in [0, 0.1) is 5.82 Å². The van der Waals surface area contributed by atoms with Crippen LogP contribution in [0.5, 0.6) is 5.75 Å². The van der Waals surface area contributed by atoms with E-state index in [0.29, 0.717) is 12.1 Å². The average molecular weight is 453 g/mol. The molecule has 2 aliphatic rings. The third-order valence-electron chi connectivity index (χ3n) is 6.76. The highest BCUT2D eigenvalue weighted by Gasteiger charge is 2.27. The molecule has 3 heterocycles. The number of amides is 1. The van der Waals surface area contributed by atoms with Crippen molar-refractivity contribution in [3.05, 3.63) is 48.3 Å². The second-order valence-electron chi connectivity index (χ2n) is 8.74. The van der Waals surface area contributed by atoms with E-state index in [9.17, 15) is 9.18 Å². The summed E-state index contributed by atoms with van der Waals surface area (Å²) < 4.78 is 20.6. The molecule has 0 aliphatic carbocycles. The lowest BCUT2D eigenvalue weighted by atomic mass is 10.0. The Morgan fingerprint density at radius 3 is 2.45 bits per heavy atom. The minimum atomic E-state index is -0.298. The van der Waals surface area contributed by atoms with Gasteiger partial charge in [-0.05, 0) is 49.2 Å². The molecule has 1 amide bonds. The third-order valence-corrected chi connectivity index (χ3v) is 6.76. The summed E-state index contributed by atoms with van der Waals surface area (Å²) in [6.07, 6.45) is 1.79. The molecule has 33 heavy (non-hydrogen) atoms. The molecule has 0 spiro atoms. The number of benzene rings is 2. The number of likely N-dealkylation sites (tertiary alicyclic amines) is 1. The average Bonchev–Trinajstić information content (AvgIpc) is 3.27. The fourth-order valence-corrected chi connectivity index (χ4v) is 4.81. The lowest BCUT2D eigenvalue weighted by Crippen LogP contribution is -2.52. The van der Waals surface area contributed by atoms with Crippen LogP contribution in [0.2, 0.25) is 0 Å². The van der Waals surface area contributed by atoms with E-state index in [1.54, 1.807) is 13.2 Å². The zero-order valence-electron chi connectivity index (χ0n) is 18.9. The van der Waals surface area contributed by atoms with Crippen molar-refractivity contribution >= 4 is 22.6 Å². The summed E-state index contributed by atoms with van der Waals surface area (Å²) in [5.41, 5.74) is 2.61. The van der Waals surface area contributed by atoms with Gasteiger partial charge in [-0.3, -0.25) is 9.69 Å². The highest BCUT2D eigenvalue weighted by molar-refractivity contribution is 5.78. The smallest absolute Gasteiger partial charge is 0.236 e. The van der Waals surface area contributed by atoms with Gasteiger partial charge in [0.1, 0.15) is 17.1 Å². The molecule has 0 atom stereocenters. The minimum Gasteiger partial charge on any atom is -0.497 e. The van der Waals surface area contributed by atoms with Crippen molar-refractivity contribution in [2.75, 3.05) is 57.8 Å². The first-order valence-electron chi connectivity index (χ1n) is 11.5. The van der Waals surface area contributed by atoms with Gasteiger partial charge in [-0.1, -0.05) is 5.21 Å². The number of rotatable bonds is 5. The monoisotopic (exact) mass is 452 g/mol. The van der Waals surface area contributed by atoms with Crippen molar-refractivity contribution in [2.45, 2.75) is 18.9 Å². The Bertz CT molecular complexity index is 1100. The SMILES string of the molecule is COc1ccc(N2CCN(C(=O)CN3CCC(n4nnc5cc(F)ccc54)CC3)CC2)cc1. The number of piperidine rings is 1. The molecule has 2 fully saturated rings. The molecule has 9 heteroatoms. The number of nitrogens with zero attached hydrogens (tertiary/aromatic N) is 6. The molecule has 2 aromatic carbocycles. The number of anilines is 1. The fraction of sp³-hybridized carbons (Fsp3) is 0.458. The summed E-state index contributed by atoms with van der Waals surface area (Å²) in [5, 5.41) is 8.36. The molecular formula is C24H29FN6O2. The maximum atomic E-state index is 13.4. The summed E-state index contributed by atoms with van der Waals surface area (Å²) in [6.45, 7) is 5.28. The molecule has 3 aromatic rings. The molecule has 1 aromatic heterocycles. The zero-order chi connectivity index (χ0) is 22.8. The Balaban J connectivity index is 1.10. The van der Waals surface area contributed by atoms with Crippen molar-refractivity contribution in [1.82, 2.24) is 24.8 Å². The van der Waals surface area contributed by atoms with Gasteiger partial charge in [0, 0.05) is 51.0 Å². The molecule has 0 unspecified atom stereocenters. The third kappa shape index (κ3) is 4.64. The van der Waals surface area contributed by atoms with Gasteiger partial charge in [-0.25, -0.2) is 9.07 Å². The summed E-state index contributed by atoms with van der Waals surface area (Å²) in [4.78, 5) is 19.4. The van der Waals surface area contributed by atoms with Gasteiger partial charge in [-0.15, -0.1) is 5.10 Å². The van der Waals surface area contributed by atoms with Crippen molar-refractivity contribution in [3.63, 3.8) is 0 Å². The first-order chi connectivity index (χ1) is 16.1. The zero-order valence-corrected chi connectivity index (χ0v) is 18.9. The van der Waals surface area contributed by atoms with Crippen LogP contribution in [0.3, 0.4) is 0 Å². The number of aromatic nitrogens is 3. The molecule has 8 nitrogen and oxygen atoms in total. The number of piperazine rings is 1. The van der Waals surface area contributed by atoms with Crippen LogP contribution < -0.4 is 9.64 Å². The first kappa shape index (κ1) is 21.6. The second kappa shape index (κ2) is 9.35. The maximum absolute atomic E-state index is 13.4. The van der Waals surface area contributed by atoms with E-state index in [1.807, 2.05) is 21.7 Å². The number of ether oxygens (including phenoxy) is 1. The van der Waals surface area contributed by atoms with Gasteiger partial charge < -0.3 is 14.5 Å². The standard InChI is InChI=1S/C24H29FN6O2/c1-33-21-5-3-19(4-6-21)29-12-14-30(15-13-29)24(32)17-28-10-8-20(9-11-28)31-23-7-2-18(25)16-22(23)26-27-31/h2-7,16,20H,8-15,17H2,1H3. The summed E-state index contributed by atoms with van der Waals surface area (Å²) >= 11 is 0. The lowest BCUT2D eigenvalue weighted by Gasteiger charge is -2.38. The molecule has 0 bridgehead atoms. The van der Waals surface area contributed by atoms with E-state index in [1.165, 1.54) is 12.1 Å². The van der Waals surface area contributed by atoms with Crippen LogP contribution in [-0.4, -0.2) is 83.6 Å². The number of methoxy groups -OCH3 is 1. The van der Waals surface area contributed by atoms with Gasteiger partial charge in [0.2, 0.25) is 5.91 Å². The maximum Gasteiger partial charge on any atom is 0.236 e. The van der Waals surface area contributed by atoms with Crippen LogP contribution in [0.25, 0.3) is 11.0 Å². The van der Waals surface area contributed by atoms with E-state index in [-0.39, 0.29) is 17.8 Å². The van der Waals surface area contributed by atoms with Gasteiger partial charge in [-0.2, -0.15) is 0 Å². The van der Waals surface area contributed by atoms with Gasteiger partial charge in [0.25, 0.3) is 0 Å². The number of hydrogen-bond donors (Lipinski definition) is 0. The van der Waals surface area contributed by atoms with Crippen molar-refractivity contribution < 1.29 is 13.9 Å². The van der Waals surface area contributed by atoms with Gasteiger partial charge in [0.15, 0.2) is 0 Å². The number of hydrogen-bond acceptors (Lipinski definition) is 6. The largest absolute Gasteiger partial charge is 0.497 e. The number of fused-ring (bicyclic) bond motifs is 1. The second-order valence-corrected chi connectivity index (χ2v) is 8.74. The molecule has 5 rings (SSSR count). The molecule has 2 saturated heterocycles. The number of carbonyl (C=O) groups is 1. The van der Waals surface area contributed by atoms with E-state index in [2.05, 4.69) is 32.2 Å². The van der Waals surface area contributed by atoms with Crippen LogP contribution in [0.4, 0.5) is 10.1 Å². The summed E-state index contributed by atoms with van der Waals surface area (Å²) in [6, 6.07) is 12.9. The van der Waals surface area contributed by atoms with Crippen LogP contribution in [0.1, 0.15) is 18.9 Å². The molecule has 0 saturated carbocycles. The Morgan fingerprint density at radius 2 is 1.76 bits per heavy atom. The minimum absolute atomic E-state index is 0.199. The van der Waals surface area contributed by atoms with Crippen LogP contribution in [0.15, 0.2) is 42.5 Å². The summed E-state index contributed by atoms with van der Waals surface area (Å²) in [7, 11) is 1.67. The lowest BCUT2D eigenvalue weighted by molar-refractivity contribution is -0.133. The molecular weight excluding hydrogens is 423 g/mol. The first-order valence-corrected chi connectivity index (χ1v) is 11.5. The Kier molecular flexibility index (Phi) is 6.13. The number of carbonyl (C=O) groups excluding carboxylic acids is 1. The highest BCUT2D eigenvalue weighted by atomic mass is 19.1. The normalized spacial score (nSPS) is 18.1. The fourth-order valence-electron chi connectivity index (χ4n) is 4.81. The Labute approximate surface area is 192 Å². The van der Waals surface area contributed by atoms with E-state index in [4.69, 9.17) is 4.74 Å². The van der Waals surface area contributed by atoms with E-state index in [0.717, 1.165) is 69.1 Å². The summed E-state index contributed by atoms with van der Waals surface area (Å²) in [5.74, 6) is 0.750. The van der Waals surface area contributed by atoms with E-state index >= 15 is 0 Å². The van der Waals surface area contributed by atoms with Gasteiger partial charge >= 0.3 is 0 Å². The van der Waals surface area contributed by atoms with Gasteiger partial charge in [0.05, 0.1) is 25.2 Å². The van der Waals surface area contributed by atoms with Crippen LogP contribution in [-0.2, 0) is 4.79 Å². The predicted molar refractivity (Wildman–Crippen MR) is 124 cm³/mol. The highest BCUT2D eigenvalue weighted by Crippen LogP contribution is 2.26. The quantitative estimate of drug-likeness (QED) is 0.593. The van der Waals surface area contributed by atoms with Crippen molar-refractivity contribution in [1.29, 1.82) is 0 Å².